The molecule has 0 radical (unpaired) electrons. The van der Waals surface area contributed by atoms with Crippen LogP contribution < -0.4 is 5.56 Å². The lowest BCUT2D eigenvalue weighted by Crippen LogP contribution is -2.26. The fourth-order valence-corrected chi connectivity index (χ4v) is 1.72. The number of carbonyl (C=O) groups is 1. The summed E-state index contributed by atoms with van der Waals surface area (Å²) in [6, 6.07) is 6.92. The van der Waals surface area contributed by atoms with Crippen molar-refractivity contribution >= 4 is 5.97 Å². The van der Waals surface area contributed by atoms with Crippen LogP contribution >= 0.6 is 0 Å². The van der Waals surface area contributed by atoms with Gasteiger partial charge in [0.2, 0.25) is 0 Å². The highest BCUT2D eigenvalue weighted by molar-refractivity contribution is 5.88. The lowest BCUT2D eigenvalue weighted by molar-refractivity contribution is 0.0694. The normalized spacial score (nSPS) is 10.3. The van der Waals surface area contributed by atoms with Gasteiger partial charge in [0.15, 0.2) is 0 Å². The smallest absolute Gasteiger partial charge is 0.341 e. The van der Waals surface area contributed by atoms with Crippen molar-refractivity contribution in [2.24, 2.45) is 0 Å². The summed E-state index contributed by atoms with van der Waals surface area (Å²) >= 11 is 0. The van der Waals surface area contributed by atoms with Crippen LogP contribution in [0.1, 0.15) is 15.9 Å². The summed E-state index contributed by atoms with van der Waals surface area (Å²) in [5.41, 5.74) is -0.308. The van der Waals surface area contributed by atoms with E-state index in [0.29, 0.717) is 11.3 Å². The van der Waals surface area contributed by atoms with Crippen molar-refractivity contribution in [3.63, 3.8) is 0 Å². The van der Waals surface area contributed by atoms with E-state index in [4.69, 9.17) is 5.11 Å². The quantitative estimate of drug-likeness (QED) is 0.882. The zero-order valence-electron chi connectivity index (χ0n) is 9.55. The predicted molar refractivity (Wildman–Crippen MR) is 63.7 cm³/mol. The van der Waals surface area contributed by atoms with Gasteiger partial charge in [0.1, 0.15) is 11.4 Å². The minimum absolute atomic E-state index is 0.294. The van der Waals surface area contributed by atoms with Gasteiger partial charge in [-0.15, -0.1) is 0 Å². The molecule has 0 atom stereocenters. The second-order valence-corrected chi connectivity index (χ2v) is 3.83. The Labute approximate surface area is 102 Å². The molecular formula is C13H10FNO3. The molecule has 0 aliphatic carbocycles. The van der Waals surface area contributed by atoms with Crippen LogP contribution in [0.25, 0.3) is 5.69 Å². The Morgan fingerprint density at radius 1 is 1.33 bits per heavy atom. The van der Waals surface area contributed by atoms with E-state index < -0.39 is 17.3 Å². The number of benzene rings is 1. The van der Waals surface area contributed by atoms with Crippen molar-refractivity contribution in [3.05, 3.63) is 63.8 Å². The number of hydrogen-bond acceptors (Lipinski definition) is 2. The Bertz CT molecular complexity index is 676. The van der Waals surface area contributed by atoms with Crippen molar-refractivity contribution in [2.75, 3.05) is 0 Å². The van der Waals surface area contributed by atoms with E-state index in [-0.39, 0.29) is 5.56 Å². The van der Waals surface area contributed by atoms with E-state index >= 15 is 0 Å². The van der Waals surface area contributed by atoms with Gasteiger partial charge in [-0.2, -0.15) is 0 Å². The topological polar surface area (TPSA) is 59.3 Å². The van der Waals surface area contributed by atoms with E-state index in [1.165, 1.54) is 36.5 Å². The third-order valence-corrected chi connectivity index (χ3v) is 2.60. The van der Waals surface area contributed by atoms with Crippen LogP contribution in [0, 0.1) is 12.7 Å². The number of carboxylic acid groups (broad SMARTS) is 1. The molecule has 1 aromatic carbocycles. The van der Waals surface area contributed by atoms with Crippen LogP contribution in [-0.2, 0) is 0 Å². The maximum atomic E-state index is 13.1. The summed E-state index contributed by atoms with van der Waals surface area (Å²) in [5, 5.41) is 8.99. The van der Waals surface area contributed by atoms with E-state index in [1.807, 2.05) is 0 Å². The van der Waals surface area contributed by atoms with E-state index in [9.17, 15) is 14.0 Å². The molecule has 0 bridgehead atoms. The van der Waals surface area contributed by atoms with E-state index in [2.05, 4.69) is 0 Å². The molecule has 1 heterocycles. The van der Waals surface area contributed by atoms with Crippen LogP contribution in [0.3, 0.4) is 0 Å². The number of halogens is 1. The Hall–Kier alpha value is -2.43. The molecule has 0 fully saturated rings. The van der Waals surface area contributed by atoms with Crippen LogP contribution in [0.2, 0.25) is 0 Å². The molecule has 0 saturated heterocycles. The number of pyridine rings is 1. The maximum Gasteiger partial charge on any atom is 0.341 e. The molecule has 1 N–H and O–H groups in total. The molecule has 0 spiro atoms. The van der Waals surface area contributed by atoms with Gasteiger partial charge < -0.3 is 5.11 Å². The van der Waals surface area contributed by atoms with Gasteiger partial charge in [-0.25, -0.2) is 9.18 Å². The lowest BCUT2D eigenvalue weighted by Gasteiger charge is -2.08. The summed E-state index contributed by atoms with van der Waals surface area (Å²) in [6.45, 7) is 1.54. The second kappa shape index (κ2) is 4.44. The fraction of sp³-hybridized carbons (Fsp3) is 0.0769. The van der Waals surface area contributed by atoms with E-state index in [0.717, 1.165) is 4.57 Å². The van der Waals surface area contributed by atoms with Gasteiger partial charge in [-0.1, -0.05) is 6.07 Å². The van der Waals surface area contributed by atoms with Gasteiger partial charge in [0, 0.05) is 6.20 Å². The largest absolute Gasteiger partial charge is 0.477 e. The molecule has 0 amide bonds. The molecule has 2 rings (SSSR count). The molecule has 0 aliphatic rings. The minimum atomic E-state index is -1.29. The number of aryl methyl sites for hydroxylation is 1. The number of rotatable bonds is 2. The van der Waals surface area contributed by atoms with Gasteiger partial charge in [-0.3, -0.25) is 9.36 Å². The molecule has 18 heavy (non-hydrogen) atoms. The number of aromatic nitrogens is 1. The first-order chi connectivity index (χ1) is 8.50. The van der Waals surface area contributed by atoms with Crippen LogP contribution in [0.5, 0.6) is 0 Å². The second-order valence-electron chi connectivity index (χ2n) is 3.83. The fourth-order valence-electron chi connectivity index (χ4n) is 1.72. The molecule has 2 aromatic rings. The highest BCUT2D eigenvalue weighted by Crippen LogP contribution is 2.10. The van der Waals surface area contributed by atoms with Gasteiger partial charge in [0.05, 0.1) is 5.69 Å². The third kappa shape index (κ3) is 2.02. The molecular weight excluding hydrogens is 237 g/mol. The average Bonchev–Trinajstić information content (AvgIpc) is 2.28. The molecule has 5 heteroatoms. The zero-order valence-corrected chi connectivity index (χ0v) is 9.55. The molecule has 4 nitrogen and oxygen atoms in total. The molecule has 0 unspecified atom stereocenters. The number of carboxylic acids is 1. The molecule has 92 valence electrons. The summed E-state index contributed by atoms with van der Waals surface area (Å²) in [6.07, 6.45) is 1.43. The van der Waals surface area contributed by atoms with Gasteiger partial charge >= 0.3 is 5.97 Å². The molecule has 0 aliphatic heterocycles. The predicted octanol–water partition coefficient (Wildman–Crippen LogP) is 1.98. The minimum Gasteiger partial charge on any atom is -0.477 e. The summed E-state index contributed by atoms with van der Waals surface area (Å²) in [4.78, 5) is 23.0. The summed E-state index contributed by atoms with van der Waals surface area (Å²) in [7, 11) is 0. The van der Waals surface area contributed by atoms with Gasteiger partial charge in [0.25, 0.3) is 5.56 Å². The maximum absolute atomic E-state index is 13.1. The van der Waals surface area contributed by atoms with Crippen LogP contribution in [0.4, 0.5) is 4.39 Å². The lowest BCUT2D eigenvalue weighted by atomic mass is 10.1. The highest BCUT2D eigenvalue weighted by atomic mass is 19.1. The standard InChI is InChI=1S/C13H10FNO3/c1-8-5-6-15(12(16)11(8)13(17)18)10-4-2-3-9(14)7-10/h2-7H,1H3,(H,17,18). The van der Waals surface area contributed by atoms with Crippen LogP contribution in [0.15, 0.2) is 41.3 Å². The Morgan fingerprint density at radius 2 is 2.06 bits per heavy atom. The van der Waals surface area contributed by atoms with Gasteiger partial charge in [-0.05, 0) is 36.8 Å². The van der Waals surface area contributed by atoms with Crippen molar-refractivity contribution in [1.29, 1.82) is 0 Å². The van der Waals surface area contributed by atoms with Crippen LogP contribution in [-0.4, -0.2) is 15.6 Å². The zero-order chi connectivity index (χ0) is 13.3. The monoisotopic (exact) mass is 247 g/mol. The summed E-state index contributed by atoms with van der Waals surface area (Å²) < 4.78 is 14.2. The first-order valence-corrected chi connectivity index (χ1v) is 5.22. The molecule has 1 aromatic heterocycles. The Morgan fingerprint density at radius 3 is 2.67 bits per heavy atom. The number of aromatic carboxylic acids is 1. The van der Waals surface area contributed by atoms with E-state index in [1.54, 1.807) is 6.92 Å². The SMILES string of the molecule is Cc1ccn(-c2cccc(F)c2)c(=O)c1C(=O)O. The Balaban J connectivity index is 2.71. The van der Waals surface area contributed by atoms with Crippen molar-refractivity contribution < 1.29 is 14.3 Å². The van der Waals surface area contributed by atoms with Crippen molar-refractivity contribution in [2.45, 2.75) is 6.92 Å². The summed E-state index contributed by atoms with van der Waals surface area (Å²) in [5.74, 6) is -1.78. The number of hydrogen-bond donors (Lipinski definition) is 1. The first kappa shape index (κ1) is 12.0. The van der Waals surface area contributed by atoms with Crippen molar-refractivity contribution in [1.82, 2.24) is 4.57 Å². The number of nitrogens with zero attached hydrogens (tertiary/aromatic N) is 1. The average molecular weight is 247 g/mol. The van der Waals surface area contributed by atoms with Crippen molar-refractivity contribution in [3.8, 4) is 5.69 Å². The third-order valence-electron chi connectivity index (χ3n) is 2.60. The highest BCUT2D eigenvalue weighted by Gasteiger charge is 2.15. The first-order valence-electron chi connectivity index (χ1n) is 5.22. The molecule has 0 saturated carbocycles. The Kier molecular flexibility index (Phi) is 2.97.